The summed E-state index contributed by atoms with van der Waals surface area (Å²) in [4.78, 5) is 28.2. The van der Waals surface area contributed by atoms with Gasteiger partial charge in [-0.3, -0.25) is 9.59 Å². The van der Waals surface area contributed by atoms with Gasteiger partial charge in [-0.2, -0.15) is 0 Å². The van der Waals surface area contributed by atoms with Crippen molar-refractivity contribution < 1.29 is 18.7 Å². The molecule has 3 aromatic carbocycles. The van der Waals surface area contributed by atoms with Crippen molar-refractivity contribution >= 4 is 35.0 Å². The number of amides is 2. The van der Waals surface area contributed by atoms with E-state index in [1.54, 1.807) is 24.3 Å². The minimum absolute atomic E-state index is 0.0402. The highest BCUT2D eigenvalue weighted by Crippen LogP contribution is 2.24. The molecule has 0 aromatic heterocycles. The molecule has 1 atom stereocenters. The van der Waals surface area contributed by atoms with Gasteiger partial charge < -0.3 is 15.0 Å². The maximum Gasteiger partial charge on any atom is 0.261 e. The van der Waals surface area contributed by atoms with E-state index in [0.717, 1.165) is 5.56 Å². The van der Waals surface area contributed by atoms with Gasteiger partial charge in [-0.1, -0.05) is 71.7 Å². The van der Waals surface area contributed by atoms with Gasteiger partial charge >= 0.3 is 0 Å². The molecule has 0 unspecified atom stereocenters. The molecule has 0 radical (unpaired) electrons. The lowest BCUT2D eigenvalue weighted by molar-refractivity contribution is -0.143. The van der Waals surface area contributed by atoms with Crippen LogP contribution in [0.25, 0.3) is 0 Å². The number of rotatable bonds is 10. The number of ether oxygens (including phenoxy) is 1. The van der Waals surface area contributed by atoms with Crippen molar-refractivity contribution in [1.82, 2.24) is 10.2 Å². The second-order valence-corrected chi connectivity index (χ2v) is 9.19. The zero-order valence-electron chi connectivity index (χ0n) is 19.5. The number of benzene rings is 3. The van der Waals surface area contributed by atoms with Crippen LogP contribution in [-0.2, 0) is 22.6 Å². The first-order valence-electron chi connectivity index (χ1n) is 11.2. The van der Waals surface area contributed by atoms with Gasteiger partial charge in [-0.15, -0.1) is 0 Å². The summed E-state index contributed by atoms with van der Waals surface area (Å²) < 4.78 is 19.5. The van der Waals surface area contributed by atoms with Crippen LogP contribution in [0.4, 0.5) is 4.39 Å². The molecule has 35 heavy (non-hydrogen) atoms. The molecule has 0 saturated carbocycles. The van der Waals surface area contributed by atoms with Gasteiger partial charge in [-0.05, 0) is 49.2 Å². The summed E-state index contributed by atoms with van der Waals surface area (Å²) in [5.41, 5.74) is 1.50. The predicted molar refractivity (Wildman–Crippen MR) is 136 cm³/mol. The lowest BCUT2D eigenvalue weighted by atomic mass is 10.0. The second-order valence-electron chi connectivity index (χ2n) is 8.35. The van der Waals surface area contributed by atoms with E-state index in [0.29, 0.717) is 15.6 Å². The quantitative estimate of drug-likeness (QED) is 0.377. The Morgan fingerprint density at radius 3 is 2.34 bits per heavy atom. The summed E-state index contributed by atoms with van der Waals surface area (Å²) in [6, 6.07) is 19.2. The smallest absolute Gasteiger partial charge is 0.261 e. The third-order valence-electron chi connectivity index (χ3n) is 5.25. The Hall–Kier alpha value is -3.09. The minimum Gasteiger partial charge on any atom is -0.481 e. The van der Waals surface area contributed by atoms with Gasteiger partial charge in [0.2, 0.25) is 5.91 Å². The van der Waals surface area contributed by atoms with E-state index in [2.05, 4.69) is 5.32 Å². The van der Waals surface area contributed by atoms with Gasteiger partial charge in [0.05, 0.1) is 0 Å². The van der Waals surface area contributed by atoms with Crippen molar-refractivity contribution in [3.63, 3.8) is 0 Å². The first-order valence-corrected chi connectivity index (χ1v) is 11.9. The highest BCUT2D eigenvalue weighted by Gasteiger charge is 2.31. The van der Waals surface area contributed by atoms with Crippen LogP contribution in [0.3, 0.4) is 0 Å². The number of hydrogen-bond acceptors (Lipinski definition) is 3. The highest BCUT2D eigenvalue weighted by atomic mass is 35.5. The third-order valence-corrected chi connectivity index (χ3v) is 5.83. The monoisotopic (exact) mass is 516 g/mol. The zero-order chi connectivity index (χ0) is 25.4. The molecule has 0 spiro atoms. The molecule has 0 saturated heterocycles. The lowest BCUT2D eigenvalue weighted by Crippen LogP contribution is -2.52. The van der Waals surface area contributed by atoms with E-state index in [1.165, 1.54) is 23.1 Å². The van der Waals surface area contributed by atoms with Gasteiger partial charge in [0.25, 0.3) is 5.91 Å². The van der Waals surface area contributed by atoms with Crippen LogP contribution in [-0.4, -0.2) is 35.4 Å². The highest BCUT2D eigenvalue weighted by molar-refractivity contribution is 6.35. The number of nitrogens with zero attached hydrogens (tertiary/aromatic N) is 1. The van der Waals surface area contributed by atoms with Crippen LogP contribution in [0, 0.1) is 5.82 Å². The summed E-state index contributed by atoms with van der Waals surface area (Å²) >= 11 is 12.4. The predicted octanol–water partition coefficient (Wildman–Crippen LogP) is 5.68. The molecule has 0 bridgehead atoms. The molecule has 0 aliphatic carbocycles. The Labute approximate surface area is 214 Å². The first-order chi connectivity index (χ1) is 16.7. The van der Waals surface area contributed by atoms with Gasteiger partial charge in [-0.25, -0.2) is 4.39 Å². The van der Waals surface area contributed by atoms with E-state index in [4.69, 9.17) is 27.9 Å². The molecule has 8 heteroatoms. The van der Waals surface area contributed by atoms with E-state index in [1.807, 2.05) is 44.2 Å². The topological polar surface area (TPSA) is 58.6 Å². The number of nitrogens with one attached hydrogen (secondary N) is 1. The largest absolute Gasteiger partial charge is 0.481 e. The average Bonchev–Trinajstić information content (AvgIpc) is 2.82. The number of para-hydroxylation sites is 1. The number of hydrogen-bond donors (Lipinski definition) is 1. The molecule has 3 aromatic rings. The molecule has 0 heterocycles. The molecule has 0 aliphatic rings. The molecule has 3 rings (SSSR count). The molecular formula is C27H27Cl2FN2O3. The van der Waals surface area contributed by atoms with Crippen molar-refractivity contribution in [3.8, 4) is 5.75 Å². The minimum atomic E-state index is -0.858. The summed E-state index contributed by atoms with van der Waals surface area (Å²) in [5.74, 6) is -1.42. The van der Waals surface area contributed by atoms with Crippen LogP contribution in [0.15, 0.2) is 72.8 Å². The second kappa shape index (κ2) is 12.6. The van der Waals surface area contributed by atoms with Crippen LogP contribution in [0.5, 0.6) is 5.75 Å². The van der Waals surface area contributed by atoms with E-state index >= 15 is 0 Å². The average molecular weight is 517 g/mol. The zero-order valence-corrected chi connectivity index (χ0v) is 21.0. The van der Waals surface area contributed by atoms with Crippen molar-refractivity contribution in [3.05, 3.63) is 99.8 Å². The van der Waals surface area contributed by atoms with Crippen molar-refractivity contribution in [2.24, 2.45) is 0 Å². The van der Waals surface area contributed by atoms with Crippen LogP contribution in [0.2, 0.25) is 10.0 Å². The van der Waals surface area contributed by atoms with Crippen molar-refractivity contribution in [1.29, 1.82) is 0 Å². The van der Waals surface area contributed by atoms with Gasteiger partial charge in [0, 0.05) is 29.1 Å². The fourth-order valence-corrected chi connectivity index (χ4v) is 4.02. The summed E-state index contributed by atoms with van der Waals surface area (Å²) in [7, 11) is 0. The fourth-order valence-electron chi connectivity index (χ4n) is 3.55. The normalized spacial score (nSPS) is 11.7. The van der Waals surface area contributed by atoms with Crippen LogP contribution < -0.4 is 10.1 Å². The Kier molecular flexibility index (Phi) is 9.52. The van der Waals surface area contributed by atoms with Crippen molar-refractivity contribution in [2.45, 2.75) is 38.9 Å². The SMILES string of the molecule is CC(C)NC(=O)[C@@H](Cc1ccccc1)N(Cc1ccc(Cl)cc1Cl)C(=O)COc1ccccc1F. The third kappa shape index (κ3) is 7.70. The maximum atomic E-state index is 14.1. The number of halogens is 3. The number of carbonyl (C=O) groups is 2. The molecule has 0 aliphatic heterocycles. The van der Waals surface area contributed by atoms with Crippen LogP contribution >= 0.6 is 23.2 Å². The summed E-state index contributed by atoms with van der Waals surface area (Å²) in [5, 5.41) is 3.73. The lowest BCUT2D eigenvalue weighted by Gasteiger charge is -2.32. The standard InChI is InChI=1S/C27H27Cl2FN2O3/c1-18(2)31-27(34)24(14-19-8-4-3-5-9-19)32(16-20-12-13-21(28)15-22(20)29)26(33)17-35-25-11-7-6-10-23(25)30/h3-13,15,18,24H,14,16-17H2,1-2H3,(H,31,34)/t24-/m1/s1. The van der Waals surface area contributed by atoms with Gasteiger partial charge in [0.1, 0.15) is 6.04 Å². The van der Waals surface area contributed by atoms with Gasteiger partial charge in [0.15, 0.2) is 18.2 Å². The molecule has 184 valence electrons. The van der Waals surface area contributed by atoms with E-state index in [-0.39, 0.29) is 30.7 Å². The Bertz CT molecular complexity index is 1160. The molecule has 5 nitrogen and oxygen atoms in total. The molecular weight excluding hydrogens is 490 g/mol. The summed E-state index contributed by atoms with van der Waals surface area (Å²) in [6.07, 6.45) is 0.274. The molecule has 1 N–H and O–H groups in total. The molecule has 2 amide bonds. The Morgan fingerprint density at radius 1 is 1.00 bits per heavy atom. The van der Waals surface area contributed by atoms with E-state index in [9.17, 15) is 14.0 Å². The fraction of sp³-hybridized carbons (Fsp3) is 0.259. The van der Waals surface area contributed by atoms with Crippen LogP contribution in [0.1, 0.15) is 25.0 Å². The Balaban J connectivity index is 1.95. The number of carbonyl (C=O) groups excluding carboxylic acids is 2. The summed E-state index contributed by atoms with van der Waals surface area (Å²) in [6.45, 7) is 3.28. The van der Waals surface area contributed by atoms with Crippen molar-refractivity contribution in [2.75, 3.05) is 6.61 Å². The maximum absolute atomic E-state index is 14.1. The molecule has 0 fully saturated rings. The Morgan fingerprint density at radius 2 is 1.69 bits per heavy atom. The van der Waals surface area contributed by atoms with E-state index < -0.39 is 24.4 Å². The first kappa shape index (κ1) is 26.5.